The molecule has 0 N–H and O–H groups in total. The lowest BCUT2D eigenvalue weighted by molar-refractivity contribution is 0.0667. The maximum absolute atomic E-state index is 2.52. The zero-order valence-electron chi connectivity index (χ0n) is 13.9. The molecule has 4 aliphatic carbocycles. The first-order chi connectivity index (χ1) is 10.6. The monoisotopic (exact) mass is 290 g/mol. The molecular weight excluding hydrogens is 264 g/mol. The predicted molar refractivity (Wildman–Crippen MR) is 94.2 cm³/mol. The van der Waals surface area contributed by atoms with E-state index in [1.807, 2.05) is 0 Å². The van der Waals surface area contributed by atoms with Crippen LogP contribution in [0.5, 0.6) is 0 Å². The van der Waals surface area contributed by atoms with E-state index in [9.17, 15) is 0 Å². The second-order valence-corrected chi connectivity index (χ2v) is 7.93. The van der Waals surface area contributed by atoms with E-state index in [2.05, 4.69) is 81.5 Å². The van der Waals surface area contributed by atoms with Crippen LogP contribution in [0, 0.1) is 35.0 Å². The van der Waals surface area contributed by atoms with Gasteiger partial charge in [0.2, 0.25) is 0 Å². The van der Waals surface area contributed by atoms with Crippen molar-refractivity contribution in [3.8, 4) is 0 Å². The molecule has 114 valence electrons. The molecule has 4 unspecified atom stereocenters. The highest BCUT2D eigenvalue weighted by atomic mass is 14.5. The lowest BCUT2D eigenvalue weighted by atomic mass is 9.59. The average Bonchev–Trinajstić information content (AvgIpc) is 3.09. The zero-order valence-corrected chi connectivity index (χ0v) is 13.9. The molecule has 0 saturated carbocycles. The molecule has 4 rings (SSSR count). The summed E-state index contributed by atoms with van der Waals surface area (Å²) in [6, 6.07) is 0. The number of hydrogen-bond acceptors (Lipinski definition) is 0. The Hall–Kier alpha value is -1.56. The van der Waals surface area contributed by atoms with Crippen molar-refractivity contribution in [2.75, 3.05) is 0 Å². The Balaban J connectivity index is 1.76. The van der Waals surface area contributed by atoms with Crippen molar-refractivity contribution in [2.24, 2.45) is 35.0 Å². The predicted octanol–water partition coefficient (Wildman–Crippen LogP) is 5.64. The van der Waals surface area contributed by atoms with Gasteiger partial charge in [-0.2, -0.15) is 0 Å². The summed E-state index contributed by atoms with van der Waals surface area (Å²) in [5, 5.41) is 0. The molecule has 0 amide bonds. The van der Waals surface area contributed by atoms with Gasteiger partial charge in [0.25, 0.3) is 0 Å². The highest BCUT2D eigenvalue weighted by Gasteiger charge is 2.50. The highest BCUT2D eigenvalue weighted by molar-refractivity contribution is 5.51. The molecule has 0 aromatic heterocycles. The molecule has 0 aromatic carbocycles. The number of hydrogen-bond donors (Lipinski definition) is 0. The van der Waals surface area contributed by atoms with Gasteiger partial charge in [0, 0.05) is 11.8 Å². The van der Waals surface area contributed by atoms with Crippen LogP contribution < -0.4 is 0 Å². The standard InChI is InChI=1S/C22H26/c1-15-9-8-14-20(15)22(2,3)21-18-12-6-4-10-16(18)17-11-5-7-13-19(17)21/h4-13,15,18-21H,14H2,1-3H3. The van der Waals surface area contributed by atoms with Crippen molar-refractivity contribution >= 4 is 0 Å². The normalized spacial score (nSPS) is 38.8. The van der Waals surface area contributed by atoms with E-state index >= 15 is 0 Å². The van der Waals surface area contributed by atoms with Crippen molar-refractivity contribution in [3.05, 3.63) is 71.9 Å². The van der Waals surface area contributed by atoms with Crippen LogP contribution in [0.1, 0.15) is 27.2 Å². The number of allylic oxidation sites excluding steroid dienone is 12. The molecular formula is C22H26. The molecule has 0 heterocycles. The fourth-order valence-electron chi connectivity index (χ4n) is 5.49. The lowest BCUT2D eigenvalue weighted by Crippen LogP contribution is -2.40. The van der Waals surface area contributed by atoms with E-state index < -0.39 is 0 Å². The van der Waals surface area contributed by atoms with Crippen molar-refractivity contribution in [1.29, 1.82) is 0 Å². The summed E-state index contributed by atoms with van der Waals surface area (Å²) in [4.78, 5) is 0. The minimum Gasteiger partial charge on any atom is -0.0879 e. The van der Waals surface area contributed by atoms with E-state index in [1.165, 1.54) is 6.42 Å². The van der Waals surface area contributed by atoms with Gasteiger partial charge in [-0.3, -0.25) is 0 Å². The second kappa shape index (κ2) is 4.98. The lowest BCUT2D eigenvalue weighted by Gasteiger charge is -2.45. The van der Waals surface area contributed by atoms with Gasteiger partial charge in [-0.15, -0.1) is 0 Å². The first-order valence-electron chi connectivity index (χ1n) is 8.71. The SMILES string of the molecule is CC1C=CCC1C(C)(C)C1C2C=CC=CC2=C2C=CC=CC21. The first kappa shape index (κ1) is 14.1. The van der Waals surface area contributed by atoms with E-state index in [4.69, 9.17) is 0 Å². The maximum Gasteiger partial charge on any atom is 0.00663 e. The summed E-state index contributed by atoms with van der Waals surface area (Å²) >= 11 is 0. The van der Waals surface area contributed by atoms with Crippen molar-refractivity contribution in [3.63, 3.8) is 0 Å². The van der Waals surface area contributed by atoms with Crippen LogP contribution in [-0.4, -0.2) is 0 Å². The van der Waals surface area contributed by atoms with Gasteiger partial charge in [-0.25, -0.2) is 0 Å². The van der Waals surface area contributed by atoms with Gasteiger partial charge in [-0.05, 0) is 40.7 Å². The molecule has 0 spiro atoms. The molecule has 0 nitrogen and oxygen atoms in total. The van der Waals surface area contributed by atoms with Gasteiger partial charge in [0.05, 0.1) is 0 Å². The molecule has 0 bridgehead atoms. The van der Waals surface area contributed by atoms with Gasteiger partial charge >= 0.3 is 0 Å². The summed E-state index contributed by atoms with van der Waals surface area (Å²) in [7, 11) is 0. The van der Waals surface area contributed by atoms with Gasteiger partial charge in [-0.1, -0.05) is 81.5 Å². The third-order valence-electron chi connectivity index (χ3n) is 6.52. The van der Waals surface area contributed by atoms with Crippen molar-refractivity contribution in [1.82, 2.24) is 0 Å². The number of rotatable bonds is 2. The molecule has 0 radical (unpaired) electrons. The summed E-state index contributed by atoms with van der Waals surface area (Å²) in [5.41, 5.74) is 3.45. The van der Waals surface area contributed by atoms with Crippen LogP contribution in [-0.2, 0) is 0 Å². The Kier molecular flexibility index (Phi) is 3.18. The van der Waals surface area contributed by atoms with Gasteiger partial charge < -0.3 is 0 Å². The molecule has 0 saturated heterocycles. The minimum absolute atomic E-state index is 0.330. The summed E-state index contributed by atoms with van der Waals surface area (Å²) in [6.45, 7) is 7.43. The van der Waals surface area contributed by atoms with Gasteiger partial charge in [0.1, 0.15) is 0 Å². The minimum atomic E-state index is 0.330. The summed E-state index contributed by atoms with van der Waals surface area (Å²) in [5.74, 6) is 3.30. The van der Waals surface area contributed by atoms with Crippen LogP contribution in [0.2, 0.25) is 0 Å². The molecule has 0 fully saturated rings. The van der Waals surface area contributed by atoms with E-state index in [1.54, 1.807) is 11.1 Å². The average molecular weight is 290 g/mol. The second-order valence-electron chi connectivity index (χ2n) is 7.93. The van der Waals surface area contributed by atoms with Gasteiger partial charge in [0.15, 0.2) is 0 Å². The smallest absolute Gasteiger partial charge is 0.00663 e. The van der Waals surface area contributed by atoms with Crippen LogP contribution >= 0.6 is 0 Å². The quantitative estimate of drug-likeness (QED) is 0.578. The Bertz CT molecular complexity index is 610. The zero-order chi connectivity index (χ0) is 15.3. The fraction of sp³-hybridized carbons (Fsp3) is 0.455. The largest absolute Gasteiger partial charge is 0.0879 e. The molecule has 0 heteroatoms. The topological polar surface area (TPSA) is 0 Å². The fourth-order valence-corrected chi connectivity index (χ4v) is 5.49. The van der Waals surface area contributed by atoms with Crippen LogP contribution in [0.4, 0.5) is 0 Å². The number of fused-ring (bicyclic) bond motifs is 2. The van der Waals surface area contributed by atoms with Crippen LogP contribution in [0.15, 0.2) is 71.9 Å². The Morgan fingerprint density at radius 1 is 0.864 bits per heavy atom. The first-order valence-corrected chi connectivity index (χ1v) is 8.71. The van der Waals surface area contributed by atoms with Crippen LogP contribution in [0.25, 0.3) is 0 Å². The molecule has 0 aliphatic heterocycles. The Morgan fingerprint density at radius 3 is 1.95 bits per heavy atom. The third-order valence-corrected chi connectivity index (χ3v) is 6.52. The molecule has 0 aromatic rings. The Labute approximate surface area is 134 Å². The highest BCUT2D eigenvalue weighted by Crippen LogP contribution is 2.58. The van der Waals surface area contributed by atoms with E-state index in [0.717, 1.165) is 5.92 Å². The van der Waals surface area contributed by atoms with Crippen molar-refractivity contribution < 1.29 is 0 Å². The third kappa shape index (κ3) is 1.89. The molecule has 22 heavy (non-hydrogen) atoms. The summed E-state index contributed by atoms with van der Waals surface area (Å²) in [6.07, 6.45) is 24.6. The Morgan fingerprint density at radius 2 is 1.45 bits per heavy atom. The van der Waals surface area contributed by atoms with Crippen molar-refractivity contribution in [2.45, 2.75) is 27.2 Å². The van der Waals surface area contributed by atoms with E-state index in [0.29, 0.717) is 29.1 Å². The molecule has 4 atom stereocenters. The summed E-state index contributed by atoms with van der Waals surface area (Å²) < 4.78 is 0. The van der Waals surface area contributed by atoms with E-state index in [-0.39, 0.29) is 0 Å². The van der Waals surface area contributed by atoms with Crippen LogP contribution in [0.3, 0.4) is 0 Å². The molecule has 4 aliphatic rings. The maximum atomic E-state index is 2.52.